The number of hydrogen-bond donors (Lipinski definition) is 1. The molecular weight excluding hydrogens is 326 g/mol. The lowest BCUT2D eigenvalue weighted by Crippen LogP contribution is -2.20. The van der Waals surface area contributed by atoms with Crippen LogP contribution in [-0.2, 0) is 11.3 Å². The number of aromatic nitrogens is 2. The topological polar surface area (TPSA) is 55.6 Å². The summed E-state index contributed by atoms with van der Waals surface area (Å²) in [5.74, 6) is 0.623. The molecule has 2 aromatic heterocycles. The summed E-state index contributed by atoms with van der Waals surface area (Å²) >= 11 is 0. The third-order valence-electron chi connectivity index (χ3n) is 3.97. The molecule has 0 fully saturated rings. The number of rotatable bonds is 7. The van der Waals surface area contributed by atoms with Crippen LogP contribution in [0.5, 0.6) is 5.75 Å². The van der Waals surface area contributed by atoms with Gasteiger partial charge in [0.05, 0.1) is 18.8 Å². The molecule has 0 aliphatic heterocycles. The number of carbonyl (C=O) groups is 1. The first-order valence-corrected chi connectivity index (χ1v) is 8.78. The van der Waals surface area contributed by atoms with Crippen molar-refractivity contribution in [1.29, 1.82) is 0 Å². The summed E-state index contributed by atoms with van der Waals surface area (Å²) in [6, 6.07) is 11.7. The van der Waals surface area contributed by atoms with Crippen LogP contribution in [0.15, 0.2) is 54.9 Å². The normalized spacial score (nSPS) is 11.2. The SMILES string of the molecule is CCCOc1ccccc1/C=C/C(=O)NCc1cn2cccc(C)c2n1. The van der Waals surface area contributed by atoms with Crippen LogP contribution in [-0.4, -0.2) is 21.9 Å². The van der Waals surface area contributed by atoms with Gasteiger partial charge < -0.3 is 14.5 Å². The van der Waals surface area contributed by atoms with Crippen LogP contribution in [0.4, 0.5) is 0 Å². The number of amides is 1. The van der Waals surface area contributed by atoms with E-state index in [9.17, 15) is 4.79 Å². The average Bonchev–Trinajstić information content (AvgIpc) is 3.08. The van der Waals surface area contributed by atoms with E-state index >= 15 is 0 Å². The molecule has 2 heterocycles. The highest BCUT2D eigenvalue weighted by Crippen LogP contribution is 2.19. The Morgan fingerprint density at radius 2 is 2.12 bits per heavy atom. The van der Waals surface area contributed by atoms with Crippen molar-refractivity contribution in [2.75, 3.05) is 6.61 Å². The molecule has 0 aliphatic rings. The lowest BCUT2D eigenvalue weighted by molar-refractivity contribution is -0.116. The number of ether oxygens (including phenoxy) is 1. The molecule has 1 N–H and O–H groups in total. The maximum Gasteiger partial charge on any atom is 0.244 e. The number of carbonyl (C=O) groups excluding carboxylic acids is 1. The van der Waals surface area contributed by atoms with Gasteiger partial charge in [0.2, 0.25) is 5.91 Å². The monoisotopic (exact) mass is 349 g/mol. The molecule has 0 spiro atoms. The van der Waals surface area contributed by atoms with E-state index in [-0.39, 0.29) is 5.91 Å². The van der Waals surface area contributed by atoms with Crippen LogP contribution in [0.1, 0.15) is 30.2 Å². The summed E-state index contributed by atoms with van der Waals surface area (Å²) in [6.45, 7) is 5.13. The van der Waals surface area contributed by atoms with Crippen molar-refractivity contribution in [2.24, 2.45) is 0 Å². The maximum absolute atomic E-state index is 12.1. The predicted octanol–water partition coefficient (Wildman–Crippen LogP) is 3.76. The van der Waals surface area contributed by atoms with E-state index in [1.807, 2.05) is 60.1 Å². The molecule has 0 radical (unpaired) electrons. The van der Waals surface area contributed by atoms with Crippen LogP contribution < -0.4 is 10.1 Å². The summed E-state index contributed by atoms with van der Waals surface area (Å²) in [4.78, 5) is 16.7. The van der Waals surface area contributed by atoms with E-state index in [0.29, 0.717) is 13.2 Å². The fourth-order valence-corrected chi connectivity index (χ4v) is 2.65. The molecule has 134 valence electrons. The standard InChI is InChI=1S/C21H23N3O2/c1-3-13-26-19-9-5-4-8-17(19)10-11-20(25)22-14-18-15-24-12-6-7-16(2)21(24)23-18/h4-12,15H,3,13-14H2,1-2H3,(H,22,25)/b11-10+. The Kier molecular flexibility index (Phi) is 5.69. The number of benzene rings is 1. The third-order valence-corrected chi connectivity index (χ3v) is 3.97. The number of fused-ring (bicyclic) bond motifs is 1. The fraction of sp³-hybridized carbons (Fsp3) is 0.238. The van der Waals surface area contributed by atoms with E-state index in [0.717, 1.165) is 34.6 Å². The minimum atomic E-state index is -0.163. The van der Waals surface area contributed by atoms with Crippen LogP contribution >= 0.6 is 0 Å². The Balaban J connectivity index is 1.62. The molecule has 0 unspecified atom stereocenters. The molecular formula is C21H23N3O2. The molecule has 5 nitrogen and oxygen atoms in total. The quantitative estimate of drug-likeness (QED) is 0.661. The molecule has 0 saturated carbocycles. The highest BCUT2D eigenvalue weighted by molar-refractivity contribution is 5.92. The first kappa shape index (κ1) is 17.7. The van der Waals surface area contributed by atoms with Crippen molar-refractivity contribution in [3.8, 4) is 5.75 Å². The van der Waals surface area contributed by atoms with Crippen molar-refractivity contribution in [1.82, 2.24) is 14.7 Å². The molecule has 1 amide bonds. The first-order chi connectivity index (χ1) is 12.7. The molecule has 3 rings (SSSR count). The molecule has 0 aliphatic carbocycles. The van der Waals surface area contributed by atoms with Gasteiger partial charge in [0, 0.05) is 24.0 Å². The van der Waals surface area contributed by atoms with E-state index in [1.54, 1.807) is 6.08 Å². The molecule has 5 heteroatoms. The van der Waals surface area contributed by atoms with E-state index in [4.69, 9.17) is 4.74 Å². The van der Waals surface area contributed by atoms with Crippen LogP contribution in [0.3, 0.4) is 0 Å². The number of hydrogen-bond acceptors (Lipinski definition) is 3. The Morgan fingerprint density at radius 3 is 2.92 bits per heavy atom. The maximum atomic E-state index is 12.1. The van der Waals surface area contributed by atoms with Gasteiger partial charge in [-0.2, -0.15) is 0 Å². The van der Waals surface area contributed by atoms with Crippen LogP contribution in [0.25, 0.3) is 11.7 Å². The highest BCUT2D eigenvalue weighted by atomic mass is 16.5. The van der Waals surface area contributed by atoms with Gasteiger partial charge in [-0.05, 0) is 37.1 Å². The van der Waals surface area contributed by atoms with E-state index < -0.39 is 0 Å². The zero-order valence-corrected chi connectivity index (χ0v) is 15.1. The Labute approximate surface area is 153 Å². The smallest absolute Gasteiger partial charge is 0.244 e. The first-order valence-electron chi connectivity index (χ1n) is 8.78. The summed E-state index contributed by atoms with van der Waals surface area (Å²) in [5.41, 5.74) is 3.73. The lowest BCUT2D eigenvalue weighted by Gasteiger charge is -2.07. The Hall–Kier alpha value is -3.08. The van der Waals surface area contributed by atoms with Gasteiger partial charge in [0.1, 0.15) is 11.4 Å². The fourth-order valence-electron chi connectivity index (χ4n) is 2.65. The predicted molar refractivity (Wildman–Crippen MR) is 103 cm³/mol. The van der Waals surface area contributed by atoms with E-state index in [1.165, 1.54) is 6.08 Å². The zero-order valence-electron chi connectivity index (χ0n) is 15.1. The second-order valence-electron chi connectivity index (χ2n) is 6.09. The Morgan fingerprint density at radius 1 is 1.27 bits per heavy atom. The van der Waals surface area contributed by atoms with Crippen LogP contribution in [0, 0.1) is 6.92 Å². The lowest BCUT2D eigenvalue weighted by atomic mass is 10.2. The van der Waals surface area contributed by atoms with Crippen molar-refractivity contribution in [2.45, 2.75) is 26.8 Å². The minimum Gasteiger partial charge on any atom is -0.493 e. The number of aryl methyl sites for hydroxylation is 1. The summed E-state index contributed by atoms with van der Waals surface area (Å²) in [6.07, 6.45) is 8.12. The van der Waals surface area contributed by atoms with Gasteiger partial charge in [0.25, 0.3) is 0 Å². The molecule has 0 bridgehead atoms. The van der Waals surface area contributed by atoms with Crippen molar-refractivity contribution in [3.63, 3.8) is 0 Å². The largest absolute Gasteiger partial charge is 0.493 e. The molecule has 1 aromatic carbocycles. The summed E-state index contributed by atoms with van der Waals surface area (Å²) in [7, 11) is 0. The average molecular weight is 349 g/mol. The number of para-hydroxylation sites is 1. The molecule has 26 heavy (non-hydrogen) atoms. The second kappa shape index (κ2) is 8.34. The second-order valence-corrected chi connectivity index (χ2v) is 6.09. The van der Waals surface area contributed by atoms with Gasteiger partial charge in [-0.25, -0.2) is 4.98 Å². The number of nitrogens with zero attached hydrogens (tertiary/aromatic N) is 2. The third kappa shape index (κ3) is 4.30. The van der Waals surface area contributed by atoms with Crippen molar-refractivity contribution >= 4 is 17.6 Å². The zero-order chi connectivity index (χ0) is 18.4. The Bertz CT molecular complexity index is 928. The number of pyridine rings is 1. The summed E-state index contributed by atoms with van der Waals surface area (Å²) in [5, 5.41) is 2.87. The number of nitrogens with one attached hydrogen (secondary N) is 1. The highest BCUT2D eigenvalue weighted by Gasteiger charge is 2.05. The van der Waals surface area contributed by atoms with Gasteiger partial charge in [-0.1, -0.05) is 31.2 Å². The van der Waals surface area contributed by atoms with Crippen molar-refractivity contribution in [3.05, 3.63) is 71.7 Å². The molecule has 0 saturated heterocycles. The summed E-state index contributed by atoms with van der Waals surface area (Å²) < 4.78 is 7.66. The van der Waals surface area contributed by atoms with Gasteiger partial charge in [-0.3, -0.25) is 4.79 Å². The van der Waals surface area contributed by atoms with Gasteiger partial charge in [0.15, 0.2) is 0 Å². The van der Waals surface area contributed by atoms with Gasteiger partial charge >= 0.3 is 0 Å². The van der Waals surface area contributed by atoms with Crippen LogP contribution in [0.2, 0.25) is 0 Å². The molecule has 3 aromatic rings. The number of imidazole rings is 1. The van der Waals surface area contributed by atoms with Crippen molar-refractivity contribution < 1.29 is 9.53 Å². The van der Waals surface area contributed by atoms with E-state index in [2.05, 4.69) is 17.2 Å². The van der Waals surface area contributed by atoms with Gasteiger partial charge in [-0.15, -0.1) is 0 Å². The minimum absolute atomic E-state index is 0.163. The molecule has 0 atom stereocenters.